The number of carbonyl (C=O) groups is 1. The summed E-state index contributed by atoms with van der Waals surface area (Å²) in [5.74, 6) is 1.75. The SMILES string of the molecule is COc1ccc(C2(C(=O)N3C[C@@H](CN)[C@H](c4ccccc4)C3)CCC2)cc1.Cl. The normalized spacial score (nSPS) is 22.9. The zero-order chi connectivity index (χ0) is 18.9. The van der Waals surface area contributed by atoms with Crippen LogP contribution in [0, 0.1) is 5.92 Å². The fourth-order valence-electron chi connectivity index (χ4n) is 4.72. The van der Waals surface area contributed by atoms with Crippen LogP contribution in [0.4, 0.5) is 0 Å². The highest BCUT2D eigenvalue weighted by molar-refractivity contribution is 5.89. The van der Waals surface area contributed by atoms with Crippen molar-refractivity contribution in [3.63, 3.8) is 0 Å². The first-order valence-electron chi connectivity index (χ1n) is 9.87. The highest BCUT2D eigenvalue weighted by Crippen LogP contribution is 2.47. The maximum atomic E-state index is 13.6. The Hall–Kier alpha value is -2.04. The van der Waals surface area contributed by atoms with Crippen LogP contribution in [0.1, 0.15) is 36.3 Å². The third-order valence-electron chi connectivity index (χ3n) is 6.52. The average Bonchev–Trinajstić information content (AvgIpc) is 3.13. The number of nitrogens with zero attached hydrogens (tertiary/aromatic N) is 1. The monoisotopic (exact) mass is 400 g/mol. The van der Waals surface area contributed by atoms with Crippen LogP contribution < -0.4 is 10.5 Å². The first-order chi connectivity index (χ1) is 13.2. The molecule has 5 heteroatoms. The number of hydrogen-bond acceptors (Lipinski definition) is 3. The number of methoxy groups -OCH3 is 1. The number of halogens is 1. The van der Waals surface area contributed by atoms with Gasteiger partial charge >= 0.3 is 0 Å². The van der Waals surface area contributed by atoms with Crippen molar-refractivity contribution in [1.29, 1.82) is 0 Å². The summed E-state index contributed by atoms with van der Waals surface area (Å²) in [6, 6.07) is 18.5. The van der Waals surface area contributed by atoms with Crippen LogP contribution in [0.25, 0.3) is 0 Å². The van der Waals surface area contributed by atoms with Gasteiger partial charge in [-0.3, -0.25) is 4.79 Å². The lowest BCUT2D eigenvalue weighted by atomic mass is 9.63. The van der Waals surface area contributed by atoms with Crippen LogP contribution in [-0.2, 0) is 10.2 Å². The molecule has 0 spiro atoms. The minimum Gasteiger partial charge on any atom is -0.497 e. The van der Waals surface area contributed by atoms with Crippen molar-refractivity contribution in [3.8, 4) is 5.75 Å². The van der Waals surface area contributed by atoms with E-state index in [0.717, 1.165) is 43.7 Å². The second-order valence-electron chi connectivity index (χ2n) is 7.89. The van der Waals surface area contributed by atoms with Gasteiger partial charge in [-0.1, -0.05) is 48.9 Å². The van der Waals surface area contributed by atoms with Crippen molar-refractivity contribution in [3.05, 3.63) is 65.7 Å². The second kappa shape index (κ2) is 8.54. The minimum absolute atomic E-state index is 0. The molecule has 2 fully saturated rings. The lowest BCUT2D eigenvalue weighted by molar-refractivity contribution is -0.140. The number of likely N-dealkylation sites (tertiary alicyclic amines) is 1. The van der Waals surface area contributed by atoms with E-state index in [1.165, 1.54) is 5.56 Å². The Morgan fingerprint density at radius 3 is 2.32 bits per heavy atom. The Balaban J connectivity index is 0.00000225. The summed E-state index contributed by atoms with van der Waals surface area (Å²) in [6.07, 6.45) is 2.96. The predicted octanol–water partition coefficient (Wildman–Crippen LogP) is 3.74. The Bertz CT molecular complexity index is 790. The molecule has 1 saturated carbocycles. The molecule has 2 aliphatic rings. The summed E-state index contributed by atoms with van der Waals surface area (Å²) < 4.78 is 5.28. The van der Waals surface area contributed by atoms with Gasteiger partial charge in [-0.2, -0.15) is 0 Å². The molecular weight excluding hydrogens is 372 g/mol. The maximum Gasteiger partial charge on any atom is 0.233 e. The number of benzene rings is 2. The molecule has 28 heavy (non-hydrogen) atoms. The Kier molecular flexibility index (Phi) is 6.31. The third-order valence-corrected chi connectivity index (χ3v) is 6.52. The van der Waals surface area contributed by atoms with Crippen LogP contribution in [0.5, 0.6) is 5.75 Å². The molecule has 0 unspecified atom stereocenters. The summed E-state index contributed by atoms with van der Waals surface area (Å²) in [6.45, 7) is 2.13. The standard InChI is InChI=1S/C23H28N2O2.ClH/c1-27-20-10-8-19(9-11-20)23(12-5-13-23)22(26)25-15-18(14-24)21(16-25)17-6-3-2-4-7-17;/h2-4,6-11,18,21H,5,12-16,24H2,1H3;1H/t18-,21+;/m1./s1. The maximum absolute atomic E-state index is 13.6. The number of nitrogens with two attached hydrogens (primary N) is 1. The van der Waals surface area contributed by atoms with Crippen molar-refractivity contribution >= 4 is 18.3 Å². The minimum atomic E-state index is -0.364. The molecule has 4 rings (SSSR count). The number of ether oxygens (including phenoxy) is 1. The van der Waals surface area contributed by atoms with Crippen molar-refractivity contribution in [2.75, 3.05) is 26.7 Å². The van der Waals surface area contributed by atoms with E-state index in [-0.39, 0.29) is 23.7 Å². The van der Waals surface area contributed by atoms with Crippen molar-refractivity contribution < 1.29 is 9.53 Å². The lowest BCUT2D eigenvalue weighted by Gasteiger charge is -2.43. The predicted molar refractivity (Wildman–Crippen MR) is 114 cm³/mol. The number of amides is 1. The lowest BCUT2D eigenvalue weighted by Crippen LogP contribution is -2.50. The Morgan fingerprint density at radius 1 is 1.11 bits per heavy atom. The fourth-order valence-corrected chi connectivity index (χ4v) is 4.72. The molecule has 1 saturated heterocycles. The van der Waals surface area contributed by atoms with E-state index in [9.17, 15) is 4.79 Å². The van der Waals surface area contributed by atoms with Gasteiger partial charge in [0.2, 0.25) is 5.91 Å². The van der Waals surface area contributed by atoms with Gasteiger partial charge in [-0.05, 0) is 48.6 Å². The van der Waals surface area contributed by atoms with E-state index in [0.29, 0.717) is 18.4 Å². The molecule has 0 aromatic heterocycles. The third kappa shape index (κ3) is 3.51. The molecule has 0 bridgehead atoms. The van der Waals surface area contributed by atoms with Crippen LogP contribution in [-0.4, -0.2) is 37.6 Å². The number of hydrogen-bond donors (Lipinski definition) is 1. The van der Waals surface area contributed by atoms with Crippen molar-refractivity contribution in [2.45, 2.75) is 30.6 Å². The fraction of sp³-hybridized carbons (Fsp3) is 0.435. The molecule has 1 amide bonds. The van der Waals surface area contributed by atoms with Crippen LogP contribution in [0.15, 0.2) is 54.6 Å². The Morgan fingerprint density at radius 2 is 1.79 bits per heavy atom. The molecule has 1 aliphatic heterocycles. The van der Waals surface area contributed by atoms with Gasteiger partial charge < -0.3 is 15.4 Å². The average molecular weight is 401 g/mol. The topological polar surface area (TPSA) is 55.6 Å². The summed E-state index contributed by atoms with van der Waals surface area (Å²) in [4.78, 5) is 15.7. The molecule has 2 aromatic rings. The van der Waals surface area contributed by atoms with Gasteiger partial charge in [0.1, 0.15) is 5.75 Å². The van der Waals surface area contributed by atoms with E-state index in [1.807, 2.05) is 18.2 Å². The zero-order valence-corrected chi connectivity index (χ0v) is 17.2. The first kappa shape index (κ1) is 20.7. The van der Waals surface area contributed by atoms with Crippen LogP contribution >= 0.6 is 12.4 Å². The summed E-state index contributed by atoms with van der Waals surface area (Å²) in [5, 5.41) is 0. The summed E-state index contributed by atoms with van der Waals surface area (Å²) in [5.41, 5.74) is 8.11. The molecule has 0 radical (unpaired) electrons. The smallest absolute Gasteiger partial charge is 0.233 e. The zero-order valence-electron chi connectivity index (χ0n) is 16.3. The molecule has 2 aromatic carbocycles. The first-order valence-corrected chi connectivity index (χ1v) is 9.87. The highest BCUT2D eigenvalue weighted by atomic mass is 35.5. The van der Waals surface area contributed by atoms with E-state index >= 15 is 0 Å². The van der Waals surface area contributed by atoms with Gasteiger partial charge in [0.05, 0.1) is 12.5 Å². The second-order valence-corrected chi connectivity index (χ2v) is 7.89. The summed E-state index contributed by atoms with van der Waals surface area (Å²) in [7, 11) is 1.67. The van der Waals surface area contributed by atoms with Crippen molar-refractivity contribution in [1.82, 2.24) is 4.90 Å². The molecule has 2 atom stereocenters. The van der Waals surface area contributed by atoms with Crippen LogP contribution in [0.3, 0.4) is 0 Å². The van der Waals surface area contributed by atoms with E-state index in [1.54, 1.807) is 7.11 Å². The molecular formula is C23H29ClN2O2. The van der Waals surface area contributed by atoms with Crippen LogP contribution in [0.2, 0.25) is 0 Å². The van der Waals surface area contributed by atoms with Gasteiger partial charge in [0.25, 0.3) is 0 Å². The molecule has 4 nitrogen and oxygen atoms in total. The highest BCUT2D eigenvalue weighted by Gasteiger charge is 2.50. The summed E-state index contributed by atoms with van der Waals surface area (Å²) >= 11 is 0. The van der Waals surface area contributed by atoms with E-state index in [2.05, 4.69) is 41.3 Å². The molecule has 150 valence electrons. The van der Waals surface area contributed by atoms with E-state index in [4.69, 9.17) is 10.5 Å². The van der Waals surface area contributed by atoms with Crippen molar-refractivity contribution in [2.24, 2.45) is 11.7 Å². The van der Waals surface area contributed by atoms with Gasteiger partial charge in [-0.15, -0.1) is 12.4 Å². The van der Waals surface area contributed by atoms with Gasteiger partial charge in [-0.25, -0.2) is 0 Å². The largest absolute Gasteiger partial charge is 0.497 e. The number of rotatable bonds is 5. The quantitative estimate of drug-likeness (QED) is 0.831. The van der Waals surface area contributed by atoms with Gasteiger partial charge in [0.15, 0.2) is 0 Å². The Labute approximate surface area is 173 Å². The number of carbonyl (C=O) groups excluding carboxylic acids is 1. The van der Waals surface area contributed by atoms with Gasteiger partial charge in [0, 0.05) is 19.0 Å². The van der Waals surface area contributed by atoms with E-state index < -0.39 is 0 Å². The molecule has 1 aliphatic carbocycles. The molecule has 2 N–H and O–H groups in total. The molecule has 1 heterocycles.